The maximum Gasteiger partial charge on any atom is 0.306 e. The number of allylic oxidation sites excluding steroid dienone is 12. The predicted molar refractivity (Wildman–Crippen MR) is 330 cm³/mol. The lowest BCUT2D eigenvalue weighted by Crippen LogP contribution is -2.30. The van der Waals surface area contributed by atoms with Crippen LogP contribution in [0.4, 0.5) is 0 Å². The van der Waals surface area contributed by atoms with Crippen LogP contribution in [0.3, 0.4) is 0 Å². The van der Waals surface area contributed by atoms with E-state index in [1.165, 1.54) is 205 Å². The summed E-state index contributed by atoms with van der Waals surface area (Å²) in [5.74, 6) is -0.861. The quantitative estimate of drug-likeness (QED) is 0.0261. The Kier molecular flexibility index (Phi) is 61.7. The second-order valence-corrected chi connectivity index (χ2v) is 22.0. The van der Waals surface area contributed by atoms with Gasteiger partial charge < -0.3 is 14.2 Å². The van der Waals surface area contributed by atoms with Crippen molar-refractivity contribution in [3.05, 3.63) is 72.9 Å². The average Bonchev–Trinajstić information content (AvgIpc) is 3.42. The van der Waals surface area contributed by atoms with Crippen LogP contribution in [0.5, 0.6) is 0 Å². The van der Waals surface area contributed by atoms with E-state index >= 15 is 0 Å². The standard InChI is InChI=1S/C70H124O6/c1-4-7-10-13-16-19-22-25-28-30-32-33-34-35-36-37-39-40-42-45-48-51-54-57-60-63-69(72)75-66-67(65-74-68(71)62-59-56-53-50-47-44-27-24-21-18-15-12-9-6-3)76-70(73)64-61-58-55-52-49-46-43-41-38-31-29-26-23-20-17-14-11-8-5-2/h7,10,16-17,19-20,25-26,28-29,32-33,67H,4-6,8-9,11-15,18,21-24,27,30-31,34-66H2,1-3H3/b10-7-,19-16-,20-17-,28-25-,29-26-,33-32-. The summed E-state index contributed by atoms with van der Waals surface area (Å²) in [4.78, 5) is 38.4. The van der Waals surface area contributed by atoms with Gasteiger partial charge in [0.05, 0.1) is 0 Å². The minimum atomic E-state index is -0.777. The molecule has 0 saturated heterocycles. The van der Waals surface area contributed by atoms with Gasteiger partial charge >= 0.3 is 17.9 Å². The Bertz CT molecular complexity index is 1400. The zero-order valence-corrected chi connectivity index (χ0v) is 50.5. The molecule has 0 fully saturated rings. The second-order valence-electron chi connectivity index (χ2n) is 22.0. The highest BCUT2D eigenvalue weighted by atomic mass is 16.6. The Morgan fingerprint density at radius 3 is 0.829 bits per heavy atom. The highest BCUT2D eigenvalue weighted by molar-refractivity contribution is 5.71. The first kappa shape index (κ1) is 72.8. The SMILES string of the molecule is CC/C=C\C/C=C\C/C=C\C/C=C\CCCCCCCCCCCCCCC(=O)OCC(COC(=O)CCCCCCCCCCCCCCCC)OC(=O)CCCCCCCCCCC/C=C\C/C=C\CCCCC. The predicted octanol–water partition coefficient (Wildman–Crippen LogP) is 22.5. The van der Waals surface area contributed by atoms with E-state index in [4.69, 9.17) is 14.2 Å². The van der Waals surface area contributed by atoms with E-state index in [0.717, 1.165) is 89.9 Å². The van der Waals surface area contributed by atoms with E-state index in [1.54, 1.807) is 0 Å². The molecule has 0 radical (unpaired) electrons. The molecular formula is C70H124O6. The number of unbranched alkanes of at least 4 members (excludes halogenated alkanes) is 37. The first-order valence-electron chi connectivity index (χ1n) is 32.9. The van der Waals surface area contributed by atoms with Crippen LogP contribution in [-0.4, -0.2) is 37.2 Å². The summed E-state index contributed by atoms with van der Waals surface area (Å²) >= 11 is 0. The smallest absolute Gasteiger partial charge is 0.306 e. The summed E-state index contributed by atoms with van der Waals surface area (Å²) in [6, 6.07) is 0. The third-order valence-electron chi connectivity index (χ3n) is 14.4. The van der Waals surface area contributed by atoms with Crippen LogP contribution >= 0.6 is 0 Å². The molecule has 0 rings (SSSR count). The molecule has 440 valence electrons. The number of hydrogen-bond acceptors (Lipinski definition) is 6. The van der Waals surface area contributed by atoms with Crippen LogP contribution in [0.1, 0.15) is 335 Å². The van der Waals surface area contributed by atoms with Gasteiger partial charge in [0.2, 0.25) is 0 Å². The summed E-state index contributed by atoms with van der Waals surface area (Å²) in [7, 11) is 0. The van der Waals surface area contributed by atoms with Gasteiger partial charge in [0, 0.05) is 19.3 Å². The van der Waals surface area contributed by atoms with Gasteiger partial charge in [-0.2, -0.15) is 0 Å². The number of hydrogen-bond donors (Lipinski definition) is 0. The zero-order valence-electron chi connectivity index (χ0n) is 50.5. The first-order valence-corrected chi connectivity index (χ1v) is 32.9. The van der Waals surface area contributed by atoms with Crippen LogP contribution in [0, 0.1) is 0 Å². The summed E-state index contributed by atoms with van der Waals surface area (Å²) in [6.45, 7) is 6.54. The fourth-order valence-electron chi connectivity index (χ4n) is 9.53. The molecule has 1 atom stereocenters. The van der Waals surface area contributed by atoms with Crippen molar-refractivity contribution < 1.29 is 28.6 Å². The van der Waals surface area contributed by atoms with Gasteiger partial charge in [-0.15, -0.1) is 0 Å². The van der Waals surface area contributed by atoms with Gasteiger partial charge in [0.25, 0.3) is 0 Å². The van der Waals surface area contributed by atoms with Crippen LogP contribution in [-0.2, 0) is 28.6 Å². The topological polar surface area (TPSA) is 78.9 Å². The minimum absolute atomic E-state index is 0.0734. The fraction of sp³-hybridized carbons (Fsp3) is 0.786. The Labute approximate surface area is 472 Å². The molecule has 0 aromatic carbocycles. The lowest BCUT2D eigenvalue weighted by Gasteiger charge is -2.18. The Morgan fingerprint density at radius 1 is 0.276 bits per heavy atom. The number of ether oxygens (including phenoxy) is 3. The van der Waals surface area contributed by atoms with Crippen LogP contribution in [0.25, 0.3) is 0 Å². The van der Waals surface area contributed by atoms with E-state index in [1.807, 2.05) is 0 Å². The van der Waals surface area contributed by atoms with Gasteiger partial charge in [-0.25, -0.2) is 0 Å². The lowest BCUT2D eigenvalue weighted by molar-refractivity contribution is -0.167. The fourth-order valence-corrected chi connectivity index (χ4v) is 9.53. The largest absolute Gasteiger partial charge is 0.462 e. The molecule has 0 spiro atoms. The second kappa shape index (κ2) is 64.4. The molecule has 0 N–H and O–H groups in total. The molecule has 0 bridgehead atoms. The van der Waals surface area contributed by atoms with Crippen molar-refractivity contribution in [3.8, 4) is 0 Å². The Balaban J connectivity index is 4.30. The van der Waals surface area contributed by atoms with Gasteiger partial charge in [0.15, 0.2) is 6.10 Å². The van der Waals surface area contributed by atoms with E-state index in [-0.39, 0.29) is 31.1 Å². The molecule has 1 unspecified atom stereocenters. The molecule has 0 aromatic rings. The van der Waals surface area contributed by atoms with E-state index in [9.17, 15) is 14.4 Å². The van der Waals surface area contributed by atoms with Gasteiger partial charge in [-0.3, -0.25) is 14.4 Å². The third-order valence-corrected chi connectivity index (χ3v) is 14.4. The van der Waals surface area contributed by atoms with E-state index in [0.29, 0.717) is 19.3 Å². The van der Waals surface area contributed by atoms with Crippen molar-refractivity contribution in [3.63, 3.8) is 0 Å². The van der Waals surface area contributed by atoms with Crippen molar-refractivity contribution >= 4 is 17.9 Å². The monoisotopic (exact) mass is 1060 g/mol. The molecule has 0 aliphatic rings. The van der Waals surface area contributed by atoms with Crippen LogP contribution < -0.4 is 0 Å². The molecule has 0 saturated carbocycles. The summed E-state index contributed by atoms with van der Waals surface area (Å²) in [6.07, 6.45) is 83.3. The molecule has 0 aliphatic heterocycles. The van der Waals surface area contributed by atoms with Crippen molar-refractivity contribution in [2.24, 2.45) is 0 Å². The molecule has 76 heavy (non-hydrogen) atoms. The average molecular weight is 1060 g/mol. The third kappa shape index (κ3) is 61.7. The zero-order chi connectivity index (χ0) is 55.0. The number of esters is 3. The molecule has 0 aliphatic carbocycles. The molecule has 6 heteroatoms. The molecular weight excluding hydrogens is 937 g/mol. The Hall–Kier alpha value is -3.15. The summed E-state index contributed by atoms with van der Waals surface area (Å²) in [5.41, 5.74) is 0. The van der Waals surface area contributed by atoms with Gasteiger partial charge in [-0.1, -0.05) is 299 Å². The van der Waals surface area contributed by atoms with Gasteiger partial charge in [0.1, 0.15) is 13.2 Å². The number of carbonyl (C=O) groups is 3. The summed E-state index contributed by atoms with van der Waals surface area (Å²) in [5, 5.41) is 0. The first-order chi connectivity index (χ1) is 37.5. The number of carbonyl (C=O) groups excluding carboxylic acids is 3. The van der Waals surface area contributed by atoms with Crippen molar-refractivity contribution in [1.29, 1.82) is 0 Å². The normalized spacial score (nSPS) is 12.5. The highest BCUT2D eigenvalue weighted by Crippen LogP contribution is 2.17. The Morgan fingerprint density at radius 2 is 0.513 bits per heavy atom. The van der Waals surface area contributed by atoms with Crippen LogP contribution in [0.2, 0.25) is 0 Å². The number of rotatable bonds is 60. The molecule has 0 heterocycles. The van der Waals surface area contributed by atoms with Gasteiger partial charge in [-0.05, 0) is 89.9 Å². The van der Waals surface area contributed by atoms with E-state index in [2.05, 4.69) is 93.7 Å². The van der Waals surface area contributed by atoms with E-state index < -0.39 is 6.10 Å². The lowest BCUT2D eigenvalue weighted by atomic mass is 10.0. The van der Waals surface area contributed by atoms with Crippen LogP contribution in [0.15, 0.2) is 72.9 Å². The highest BCUT2D eigenvalue weighted by Gasteiger charge is 2.19. The van der Waals surface area contributed by atoms with Crippen molar-refractivity contribution in [2.45, 2.75) is 341 Å². The summed E-state index contributed by atoms with van der Waals surface area (Å²) < 4.78 is 17.0. The molecule has 0 aromatic heterocycles. The molecule has 0 amide bonds. The van der Waals surface area contributed by atoms with Crippen molar-refractivity contribution in [1.82, 2.24) is 0 Å². The maximum atomic E-state index is 12.9. The molecule has 6 nitrogen and oxygen atoms in total. The minimum Gasteiger partial charge on any atom is -0.462 e. The maximum absolute atomic E-state index is 12.9. The van der Waals surface area contributed by atoms with Crippen molar-refractivity contribution in [2.75, 3.05) is 13.2 Å².